The standard InChI is InChI=1S/C14H23N3/c1-3-11-4-6-12(7-5-11)14(15)13-10-16-8-9-17(13)2/h4-7,13-14,16H,3,8-10,15H2,1-2H3. The quantitative estimate of drug-likeness (QED) is 0.823. The maximum absolute atomic E-state index is 6.37. The van der Waals surface area contributed by atoms with Gasteiger partial charge < -0.3 is 11.1 Å². The van der Waals surface area contributed by atoms with Gasteiger partial charge in [-0.3, -0.25) is 4.90 Å². The van der Waals surface area contributed by atoms with Crippen molar-refractivity contribution in [1.29, 1.82) is 0 Å². The number of likely N-dealkylation sites (N-methyl/N-ethyl adjacent to an activating group) is 1. The summed E-state index contributed by atoms with van der Waals surface area (Å²) < 4.78 is 0. The molecule has 0 saturated carbocycles. The van der Waals surface area contributed by atoms with Gasteiger partial charge in [0.25, 0.3) is 0 Å². The molecule has 0 radical (unpaired) electrons. The zero-order chi connectivity index (χ0) is 12.3. The number of hydrogen-bond acceptors (Lipinski definition) is 3. The molecule has 2 unspecified atom stereocenters. The minimum atomic E-state index is 0.0960. The van der Waals surface area contributed by atoms with Crippen molar-refractivity contribution >= 4 is 0 Å². The SMILES string of the molecule is CCc1ccc(C(N)C2CNCCN2C)cc1. The van der Waals surface area contributed by atoms with E-state index in [4.69, 9.17) is 5.73 Å². The Hall–Kier alpha value is -0.900. The molecular weight excluding hydrogens is 210 g/mol. The van der Waals surface area contributed by atoms with Crippen LogP contribution in [0.25, 0.3) is 0 Å². The Labute approximate surface area is 104 Å². The smallest absolute Gasteiger partial charge is 0.0465 e. The molecule has 1 aliphatic heterocycles. The van der Waals surface area contributed by atoms with Gasteiger partial charge in [0.2, 0.25) is 0 Å². The van der Waals surface area contributed by atoms with Gasteiger partial charge in [-0.05, 0) is 24.6 Å². The van der Waals surface area contributed by atoms with Gasteiger partial charge in [-0.2, -0.15) is 0 Å². The van der Waals surface area contributed by atoms with E-state index in [1.807, 2.05) is 0 Å². The molecule has 3 nitrogen and oxygen atoms in total. The van der Waals surface area contributed by atoms with Gasteiger partial charge in [0, 0.05) is 31.7 Å². The molecule has 2 rings (SSSR count). The Morgan fingerprint density at radius 1 is 1.41 bits per heavy atom. The molecule has 1 heterocycles. The summed E-state index contributed by atoms with van der Waals surface area (Å²) in [6.07, 6.45) is 1.08. The second-order valence-corrected chi connectivity index (χ2v) is 4.87. The predicted molar refractivity (Wildman–Crippen MR) is 72.0 cm³/mol. The minimum Gasteiger partial charge on any atom is -0.323 e. The summed E-state index contributed by atoms with van der Waals surface area (Å²) >= 11 is 0. The average molecular weight is 233 g/mol. The molecule has 0 bridgehead atoms. The van der Waals surface area contributed by atoms with Gasteiger partial charge in [-0.15, -0.1) is 0 Å². The Morgan fingerprint density at radius 3 is 2.71 bits per heavy atom. The highest BCUT2D eigenvalue weighted by Gasteiger charge is 2.25. The van der Waals surface area contributed by atoms with E-state index in [1.165, 1.54) is 11.1 Å². The molecule has 1 aliphatic rings. The lowest BCUT2D eigenvalue weighted by molar-refractivity contribution is 0.174. The zero-order valence-corrected chi connectivity index (χ0v) is 10.8. The van der Waals surface area contributed by atoms with Crippen molar-refractivity contribution in [3.63, 3.8) is 0 Å². The predicted octanol–water partition coefficient (Wildman–Crippen LogP) is 1.15. The Bertz CT molecular complexity index is 347. The molecule has 0 amide bonds. The second-order valence-electron chi connectivity index (χ2n) is 4.87. The van der Waals surface area contributed by atoms with Crippen LogP contribution in [0.15, 0.2) is 24.3 Å². The van der Waals surface area contributed by atoms with Gasteiger partial charge in [-0.25, -0.2) is 0 Å². The minimum absolute atomic E-state index is 0.0960. The third kappa shape index (κ3) is 2.86. The van der Waals surface area contributed by atoms with E-state index in [2.05, 4.69) is 48.5 Å². The molecule has 1 aromatic rings. The first kappa shape index (κ1) is 12.6. The number of nitrogens with two attached hydrogens (primary N) is 1. The normalized spacial score (nSPS) is 23.6. The van der Waals surface area contributed by atoms with Crippen molar-refractivity contribution in [2.24, 2.45) is 5.73 Å². The molecule has 3 heteroatoms. The summed E-state index contributed by atoms with van der Waals surface area (Å²) in [5.41, 5.74) is 8.98. The second kappa shape index (κ2) is 5.63. The number of benzene rings is 1. The van der Waals surface area contributed by atoms with E-state index >= 15 is 0 Å². The Balaban J connectivity index is 2.09. The van der Waals surface area contributed by atoms with Gasteiger partial charge >= 0.3 is 0 Å². The highest BCUT2D eigenvalue weighted by atomic mass is 15.2. The largest absolute Gasteiger partial charge is 0.323 e. The first-order valence-corrected chi connectivity index (χ1v) is 6.47. The van der Waals surface area contributed by atoms with Crippen LogP contribution in [0.3, 0.4) is 0 Å². The van der Waals surface area contributed by atoms with Crippen LogP contribution in [0.1, 0.15) is 24.1 Å². The molecule has 0 aliphatic carbocycles. The maximum Gasteiger partial charge on any atom is 0.0465 e. The van der Waals surface area contributed by atoms with E-state index in [1.54, 1.807) is 0 Å². The molecule has 3 N–H and O–H groups in total. The van der Waals surface area contributed by atoms with E-state index in [0.29, 0.717) is 6.04 Å². The highest BCUT2D eigenvalue weighted by Crippen LogP contribution is 2.19. The fourth-order valence-corrected chi connectivity index (χ4v) is 2.43. The molecule has 0 spiro atoms. The fourth-order valence-electron chi connectivity index (χ4n) is 2.43. The molecule has 2 atom stereocenters. The third-order valence-corrected chi connectivity index (χ3v) is 3.75. The van der Waals surface area contributed by atoms with Crippen LogP contribution in [-0.4, -0.2) is 37.6 Å². The van der Waals surface area contributed by atoms with E-state index in [0.717, 1.165) is 26.1 Å². The summed E-state index contributed by atoms with van der Waals surface area (Å²) in [5, 5.41) is 3.42. The highest BCUT2D eigenvalue weighted by molar-refractivity contribution is 5.26. The van der Waals surface area contributed by atoms with Crippen LogP contribution in [0.4, 0.5) is 0 Å². The topological polar surface area (TPSA) is 41.3 Å². The van der Waals surface area contributed by atoms with Crippen LogP contribution >= 0.6 is 0 Å². The lowest BCUT2D eigenvalue weighted by Gasteiger charge is -2.37. The summed E-state index contributed by atoms with van der Waals surface area (Å²) in [7, 11) is 2.16. The maximum atomic E-state index is 6.37. The third-order valence-electron chi connectivity index (χ3n) is 3.75. The van der Waals surface area contributed by atoms with Crippen LogP contribution in [0.2, 0.25) is 0 Å². The van der Waals surface area contributed by atoms with Crippen molar-refractivity contribution in [2.45, 2.75) is 25.4 Å². The molecule has 0 aromatic heterocycles. The molecule has 1 fully saturated rings. The number of piperazine rings is 1. The van der Waals surface area contributed by atoms with Gasteiger partial charge in [-0.1, -0.05) is 31.2 Å². The van der Waals surface area contributed by atoms with Gasteiger partial charge in [0.1, 0.15) is 0 Å². The van der Waals surface area contributed by atoms with E-state index in [-0.39, 0.29) is 6.04 Å². The molecular formula is C14H23N3. The van der Waals surface area contributed by atoms with Crippen LogP contribution in [-0.2, 0) is 6.42 Å². The van der Waals surface area contributed by atoms with Crippen LogP contribution in [0.5, 0.6) is 0 Å². The number of nitrogens with zero attached hydrogens (tertiary/aromatic N) is 1. The first-order valence-electron chi connectivity index (χ1n) is 6.47. The summed E-state index contributed by atoms with van der Waals surface area (Å²) in [4.78, 5) is 2.36. The summed E-state index contributed by atoms with van der Waals surface area (Å²) in [6, 6.07) is 9.21. The van der Waals surface area contributed by atoms with Crippen molar-refractivity contribution in [2.75, 3.05) is 26.7 Å². The lowest BCUT2D eigenvalue weighted by Crippen LogP contribution is -2.53. The van der Waals surface area contributed by atoms with Crippen molar-refractivity contribution in [1.82, 2.24) is 10.2 Å². The van der Waals surface area contributed by atoms with Crippen LogP contribution < -0.4 is 11.1 Å². The van der Waals surface area contributed by atoms with E-state index in [9.17, 15) is 0 Å². The molecule has 94 valence electrons. The monoisotopic (exact) mass is 233 g/mol. The Kier molecular flexibility index (Phi) is 4.15. The number of hydrogen-bond donors (Lipinski definition) is 2. The van der Waals surface area contributed by atoms with Crippen molar-refractivity contribution in [3.05, 3.63) is 35.4 Å². The number of aryl methyl sites for hydroxylation is 1. The molecule has 1 aromatic carbocycles. The van der Waals surface area contributed by atoms with Gasteiger partial charge in [0.15, 0.2) is 0 Å². The Morgan fingerprint density at radius 2 is 2.12 bits per heavy atom. The number of nitrogens with one attached hydrogen (secondary N) is 1. The molecule has 1 saturated heterocycles. The van der Waals surface area contributed by atoms with Gasteiger partial charge in [0.05, 0.1) is 0 Å². The van der Waals surface area contributed by atoms with Crippen molar-refractivity contribution < 1.29 is 0 Å². The zero-order valence-electron chi connectivity index (χ0n) is 10.8. The van der Waals surface area contributed by atoms with Crippen LogP contribution in [0, 0.1) is 0 Å². The average Bonchev–Trinajstić information content (AvgIpc) is 2.39. The lowest BCUT2D eigenvalue weighted by atomic mass is 9.96. The summed E-state index contributed by atoms with van der Waals surface area (Å²) in [6.45, 7) is 5.29. The fraction of sp³-hybridized carbons (Fsp3) is 0.571. The number of rotatable bonds is 3. The van der Waals surface area contributed by atoms with E-state index < -0.39 is 0 Å². The first-order chi connectivity index (χ1) is 8.22. The summed E-state index contributed by atoms with van der Waals surface area (Å²) in [5.74, 6) is 0. The van der Waals surface area contributed by atoms with Crippen molar-refractivity contribution in [3.8, 4) is 0 Å². The molecule has 17 heavy (non-hydrogen) atoms.